The summed E-state index contributed by atoms with van der Waals surface area (Å²) in [7, 11) is 0. The van der Waals surface area contributed by atoms with E-state index in [2.05, 4.69) is 6.07 Å². The van der Waals surface area contributed by atoms with E-state index in [4.69, 9.17) is 14.5 Å². The monoisotopic (exact) mass is 412 g/mol. The van der Waals surface area contributed by atoms with Gasteiger partial charge in [0.05, 0.1) is 36.5 Å². The molecule has 29 heavy (non-hydrogen) atoms. The van der Waals surface area contributed by atoms with E-state index in [9.17, 15) is 4.79 Å². The number of anilines is 1. The first-order valence-corrected chi connectivity index (χ1v) is 10.8. The minimum Gasteiger partial charge on any atom is -0.484 e. The number of benzene rings is 2. The first-order chi connectivity index (χ1) is 14.2. The van der Waals surface area contributed by atoms with Gasteiger partial charge in [0.25, 0.3) is 5.91 Å². The fourth-order valence-corrected chi connectivity index (χ4v) is 4.52. The highest BCUT2D eigenvalue weighted by Gasteiger charge is 2.23. The molecule has 7 heteroatoms. The quantitative estimate of drug-likeness (QED) is 0.644. The van der Waals surface area contributed by atoms with Crippen LogP contribution in [0.25, 0.3) is 10.2 Å². The van der Waals surface area contributed by atoms with Crippen molar-refractivity contribution in [2.24, 2.45) is 0 Å². The van der Waals surface area contributed by atoms with Crippen molar-refractivity contribution in [3.8, 4) is 5.75 Å². The largest absolute Gasteiger partial charge is 0.484 e. The van der Waals surface area contributed by atoms with Crippen molar-refractivity contribution in [1.82, 2.24) is 4.98 Å². The van der Waals surface area contributed by atoms with Crippen molar-refractivity contribution in [1.29, 1.82) is 0 Å². The van der Waals surface area contributed by atoms with Crippen LogP contribution in [0.3, 0.4) is 0 Å². The Labute approximate surface area is 174 Å². The minimum absolute atomic E-state index is 0.00261. The second-order valence-corrected chi connectivity index (χ2v) is 8.19. The molecule has 6 nitrogen and oxygen atoms in total. The summed E-state index contributed by atoms with van der Waals surface area (Å²) in [6, 6.07) is 15.6. The predicted octanol–water partition coefficient (Wildman–Crippen LogP) is 1.93. The number of aromatic nitrogens is 1. The van der Waals surface area contributed by atoms with Gasteiger partial charge in [0.1, 0.15) is 18.8 Å². The standard InChI is InChI=1S/C22H25N3O3S/c1-17-6-5-9-19-21(17)23-22(29-19)25(11-10-24-12-14-27-15-13-24)20(26)16-28-18-7-3-2-4-8-18/h2-9H,10-16H2,1H3/p+1. The smallest absolute Gasteiger partial charge is 0.266 e. The third-order valence-corrected chi connectivity index (χ3v) is 6.18. The van der Waals surface area contributed by atoms with E-state index in [-0.39, 0.29) is 12.5 Å². The molecule has 0 radical (unpaired) electrons. The summed E-state index contributed by atoms with van der Waals surface area (Å²) in [6.45, 7) is 7.04. The topological polar surface area (TPSA) is 56.1 Å². The number of quaternary nitrogens is 1. The molecule has 2 aromatic carbocycles. The van der Waals surface area contributed by atoms with E-state index in [1.165, 1.54) is 4.90 Å². The lowest BCUT2D eigenvalue weighted by atomic mass is 10.2. The lowest BCUT2D eigenvalue weighted by molar-refractivity contribution is -0.906. The Hall–Kier alpha value is -2.48. The summed E-state index contributed by atoms with van der Waals surface area (Å²) in [6.07, 6.45) is 0. The van der Waals surface area contributed by atoms with Crippen molar-refractivity contribution in [2.75, 3.05) is 50.9 Å². The molecule has 0 unspecified atom stereocenters. The molecule has 0 bridgehead atoms. The Balaban J connectivity index is 1.52. The van der Waals surface area contributed by atoms with Gasteiger partial charge in [0.15, 0.2) is 11.7 Å². The molecule has 0 saturated carbocycles. The highest BCUT2D eigenvalue weighted by atomic mass is 32.1. The van der Waals surface area contributed by atoms with E-state index >= 15 is 0 Å². The Bertz CT molecular complexity index is 954. The third kappa shape index (κ3) is 4.93. The molecule has 1 fully saturated rings. The van der Waals surface area contributed by atoms with Crippen LogP contribution in [0.1, 0.15) is 5.56 Å². The number of fused-ring (bicyclic) bond motifs is 1. The van der Waals surface area contributed by atoms with Gasteiger partial charge in [-0.25, -0.2) is 4.98 Å². The summed E-state index contributed by atoms with van der Waals surface area (Å²) in [5.41, 5.74) is 2.09. The fourth-order valence-electron chi connectivity index (χ4n) is 3.44. The Morgan fingerprint density at radius 1 is 1.17 bits per heavy atom. The van der Waals surface area contributed by atoms with Crippen LogP contribution in [-0.2, 0) is 9.53 Å². The van der Waals surface area contributed by atoms with Crippen LogP contribution in [0.2, 0.25) is 0 Å². The Morgan fingerprint density at radius 2 is 1.97 bits per heavy atom. The number of carbonyl (C=O) groups is 1. The van der Waals surface area contributed by atoms with Gasteiger partial charge in [-0.1, -0.05) is 41.7 Å². The molecule has 1 saturated heterocycles. The maximum atomic E-state index is 13.1. The summed E-state index contributed by atoms with van der Waals surface area (Å²) >= 11 is 1.56. The van der Waals surface area contributed by atoms with Gasteiger partial charge in [-0.05, 0) is 30.7 Å². The van der Waals surface area contributed by atoms with Crippen LogP contribution >= 0.6 is 11.3 Å². The normalized spacial score (nSPS) is 14.8. The van der Waals surface area contributed by atoms with E-state index in [1.54, 1.807) is 16.2 Å². The molecule has 1 aliphatic rings. The molecule has 152 valence electrons. The number of para-hydroxylation sites is 2. The summed E-state index contributed by atoms with van der Waals surface area (Å²) in [5.74, 6) is 0.623. The molecule has 1 aromatic heterocycles. The number of nitrogens with zero attached hydrogens (tertiary/aromatic N) is 2. The average molecular weight is 413 g/mol. The molecule has 1 amide bonds. The number of rotatable bonds is 7. The van der Waals surface area contributed by atoms with Crippen LogP contribution in [-0.4, -0.2) is 56.9 Å². The molecule has 3 aromatic rings. The van der Waals surface area contributed by atoms with Crippen LogP contribution in [0.5, 0.6) is 5.75 Å². The van der Waals surface area contributed by atoms with Gasteiger partial charge in [-0.15, -0.1) is 0 Å². The number of amides is 1. The molecule has 1 aliphatic heterocycles. The minimum atomic E-state index is -0.0711. The van der Waals surface area contributed by atoms with Gasteiger partial charge in [0, 0.05) is 0 Å². The predicted molar refractivity (Wildman–Crippen MR) is 115 cm³/mol. The lowest BCUT2D eigenvalue weighted by Crippen LogP contribution is -3.14. The Kier molecular flexibility index (Phi) is 6.39. The number of aryl methyl sites for hydroxylation is 1. The maximum Gasteiger partial charge on any atom is 0.266 e. The summed E-state index contributed by atoms with van der Waals surface area (Å²) in [5, 5.41) is 0.739. The number of ether oxygens (including phenoxy) is 2. The molecule has 0 atom stereocenters. The third-order valence-electron chi connectivity index (χ3n) is 5.14. The molecule has 2 heterocycles. The number of hydrogen-bond acceptors (Lipinski definition) is 5. The van der Waals surface area contributed by atoms with Crippen LogP contribution in [0.4, 0.5) is 5.13 Å². The van der Waals surface area contributed by atoms with E-state index in [1.807, 2.05) is 49.4 Å². The van der Waals surface area contributed by atoms with Crippen LogP contribution < -0.4 is 14.5 Å². The average Bonchev–Trinajstić information content (AvgIpc) is 3.19. The number of carbonyl (C=O) groups excluding carboxylic acids is 1. The fraction of sp³-hybridized carbons (Fsp3) is 0.364. The first-order valence-electron chi connectivity index (χ1n) is 9.96. The van der Waals surface area contributed by atoms with Crippen molar-refractivity contribution >= 4 is 32.6 Å². The SMILES string of the molecule is Cc1cccc2sc(N(CC[NH+]3CCOCC3)C(=O)COc3ccccc3)nc12. The number of nitrogens with one attached hydrogen (secondary N) is 1. The van der Waals surface area contributed by atoms with Crippen molar-refractivity contribution < 1.29 is 19.2 Å². The molecular formula is C22H26N3O3S+. The second kappa shape index (κ2) is 9.35. The van der Waals surface area contributed by atoms with Crippen LogP contribution in [0.15, 0.2) is 48.5 Å². The first kappa shape index (κ1) is 19.8. The number of thiazole rings is 1. The van der Waals surface area contributed by atoms with Crippen molar-refractivity contribution in [2.45, 2.75) is 6.92 Å². The van der Waals surface area contributed by atoms with Crippen LogP contribution in [0, 0.1) is 6.92 Å². The van der Waals surface area contributed by atoms with Gasteiger partial charge in [-0.3, -0.25) is 9.69 Å². The zero-order chi connectivity index (χ0) is 20.1. The van der Waals surface area contributed by atoms with E-state index in [0.29, 0.717) is 12.3 Å². The zero-order valence-corrected chi connectivity index (χ0v) is 17.4. The molecule has 4 rings (SSSR count). The van der Waals surface area contributed by atoms with Gasteiger partial charge in [-0.2, -0.15) is 0 Å². The highest BCUT2D eigenvalue weighted by Crippen LogP contribution is 2.30. The lowest BCUT2D eigenvalue weighted by Gasteiger charge is -2.26. The highest BCUT2D eigenvalue weighted by molar-refractivity contribution is 7.22. The Morgan fingerprint density at radius 3 is 2.72 bits per heavy atom. The van der Waals surface area contributed by atoms with Gasteiger partial charge >= 0.3 is 0 Å². The van der Waals surface area contributed by atoms with Gasteiger partial charge in [0.2, 0.25) is 0 Å². The molecular weight excluding hydrogens is 386 g/mol. The maximum absolute atomic E-state index is 13.1. The molecule has 0 spiro atoms. The van der Waals surface area contributed by atoms with Crippen molar-refractivity contribution in [3.05, 3.63) is 54.1 Å². The summed E-state index contributed by atoms with van der Waals surface area (Å²) < 4.78 is 12.3. The van der Waals surface area contributed by atoms with E-state index < -0.39 is 0 Å². The summed E-state index contributed by atoms with van der Waals surface area (Å²) in [4.78, 5) is 21.1. The zero-order valence-electron chi connectivity index (χ0n) is 16.6. The number of hydrogen-bond donors (Lipinski definition) is 1. The number of morpholine rings is 1. The molecule has 1 N–H and O–H groups in total. The molecule has 0 aliphatic carbocycles. The van der Waals surface area contributed by atoms with Gasteiger partial charge < -0.3 is 14.4 Å². The second-order valence-electron chi connectivity index (χ2n) is 7.18. The van der Waals surface area contributed by atoms with Crippen molar-refractivity contribution in [3.63, 3.8) is 0 Å². The van der Waals surface area contributed by atoms with E-state index in [0.717, 1.165) is 53.8 Å².